The lowest BCUT2D eigenvalue weighted by Crippen LogP contribution is -2.33. The van der Waals surface area contributed by atoms with Crippen LogP contribution in [0.2, 0.25) is 0 Å². The second-order valence-electron chi connectivity index (χ2n) is 11.2. The number of carbonyl (C=O) groups is 1. The molecule has 4 nitrogen and oxygen atoms in total. The summed E-state index contributed by atoms with van der Waals surface area (Å²) in [6.45, 7) is 5.86. The molecular weight excluding hydrogens is 456 g/mol. The van der Waals surface area contributed by atoms with E-state index in [1.54, 1.807) is 23.2 Å². The molecule has 6 rings (SSSR count). The maximum atomic E-state index is 11.7. The lowest BCUT2D eigenvalue weighted by Gasteiger charge is -2.32. The van der Waals surface area contributed by atoms with Gasteiger partial charge >= 0.3 is 0 Å². The van der Waals surface area contributed by atoms with Crippen molar-refractivity contribution in [3.63, 3.8) is 0 Å². The number of hydrogen-bond acceptors (Lipinski definition) is 3. The van der Waals surface area contributed by atoms with E-state index < -0.39 is 5.91 Å². The molecule has 1 saturated heterocycles. The number of allylic oxidation sites excluding steroid dienone is 2. The van der Waals surface area contributed by atoms with E-state index in [1.807, 2.05) is 12.1 Å². The van der Waals surface area contributed by atoms with Crippen LogP contribution in [0.5, 0.6) is 0 Å². The van der Waals surface area contributed by atoms with Crippen molar-refractivity contribution in [1.82, 2.24) is 10.4 Å². The third-order valence-corrected chi connectivity index (χ3v) is 9.05. The molecule has 0 bridgehead atoms. The van der Waals surface area contributed by atoms with Crippen molar-refractivity contribution < 1.29 is 10.0 Å². The monoisotopic (exact) mass is 492 g/mol. The molecule has 1 amide bonds. The van der Waals surface area contributed by atoms with Gasteiger partial charge < -0.3 is 0 Å². The molecule has 2 fully saturated rings. The van der Waals surface area contributed by atoms with E-state index in [2.05, 4.69) is 66.4 Å². The van der Waals surface area contributed by atoms with Crippen molar-refractivity contribution >= 4 is 11.5 Å². The summed E-state index contributed by atoms with van der Waals surface area (Å²) in [6.07, 6.45) is 4.84. The van der Waals surface area contributed by atoms with Gasteiger partial charge in [-0.25, -0.2) is 5.48 Å². The fraction of sp³-hybridized carbons (Fsp3) is 0.364. The third-order valence-electron chi connectivity index (χ3n) is 9.05. The number of benzene rings is 3. The second-order valence-corrected chi connectivity index (χ2v) is 11.2. The van der Waals surface area contributed by atoms with Crippen molar-refractivity contribution in [3.05, 3.63) is 112 Å². The van der Waals surface area contributed by atoms with Gasteiger partial charge in [-0.1, -0.05) is 72.3 Å². The molecule has 1 heterocycles. The minimum atomic E-state index is -0.473. The highest BCUT2D eigenvalue weighted by Crippen LogP contribution is 2.65. The summed E-state index contributed by atoms with van der Waals surface area (Å²) < 4.78 is 0. The zero-order valence-corrected chi connectivity index (χ0v) is 21.6. The van der Waals surface area contributed by atoms with Crippen LogP contribution in [-0.4, -0.2) is 29.1 Å². The van der Waals surface area contributed by atoms with Crippen LogP contribution < -0.4 is 5.48 Å². The molecule has 0 spiro atoms. The molecule has 1 saturated carbocycles. The van der Waals surface area contributed by atoms with Crippen molar-refractivity contribution in [1.29, 1.82) is 0 Å². The highest BCUT2D eigenvalue weighted by atomic mass is 16.5. The molecule has 2 N–H and O–H groups in total. The van der Waals surface area contributed by atoms with Crippen molar-refractivity contribution in [2.24, 2.45) is 17.8 Å². The number of piperidine rings is 1. The predicted molar refractivity (Wildman–Crippen MR) is 147 cm³/mol. The summed E-state index contributed by atoms with van der Waals surface area (Å²) in [4.78, 5) is 14.3. The molecule has 3 atom stereocenters. The van der Waals surface area contributed by atoms with Gasteiger partial charge in [0.25, 0.3) is 5.91 Å². The molecule has 3 aromatic carbocycles. The van der Waals surface area contributed by atoms with Gasteiger partial charge in [-0.15, -0.1) is 0 Å². The Kier molecular flexibility index (Phi) is 6.71. The fourth-order valence-corrected chi connectivity index (χ4v) is 7.04. The zero-order valence-electron chi connectivity index (χ0n) is 21.6. The molecule has 0 radical (unpaired) electrons. The first kappa shape index (κ1) is 24.1. The number of amides is 1. The summed E-state index contributed by atoms with van der Waals surface area (Å²) >= 11 is 0. The second kappa shape index (κ2) is 10.3. The van der Waals surface area contributed by atoms with Gasteiger partial charge in [0.05, 0.1) is 0 Å². The summed E-state index contributed by atoms with van der Waals surface area (Å²) in [5.41, 5.74) is 10.8. The molecule has 37 heavy (non-hydrogen) atoms. The molecule has 4 heteroatoms. The first-order valence-electron chi connectivity index (χ1n) is 13.7. The maximum Gasteiger partial charge on any atom is 0.274 e. The van der Waals surface area contributed by atoms with Crippen LogP contribution in [0.15, 0.2) is 84.4 Å². The number of nitrogens with one attached hydrogen (secondary N) is 1. The highest BCUT2D eigenvalue weighted by molar-refractivity contribution is 5.93. The highest BCUT2D eigenvalue weighted by Gasteiger charge is 2.55. The molecule has 1 aliphatic heterocycles. The van der Waals surface area contributed by atoms with Crippen LogP contribution in [0, 0.1) is 17.8 Å². The topological polar surface area (TPSA) is 52.6 Å². The smallest absolute Gasteiger partial charge is 0.274 e. The molecule has 3 aromatic rings. The van der Waals surface area contributed by atoms with Crippen LogP contribution in [0.3, 0.4) is 0 Å². The van der Waals surface area contributed by atoms with E-state index >= 15 is 0 Å². The number of nitrogens with zero attached hydrogens (tertiary/aromatic N) is 1. The Balaban J connectivity index is 1.14. The molecule has 0 aromatic heterocycles. The minimum absolute atomic E-state index is 0.470. The van der Waals surface area contributed by atoms with E-state index in [1.165, 1.54) is 60.2 Å². The summed E-state index contributed by atoms with van der Waals surface area (Å²) in [5.74, 6) is 2.47. The Morgan fingerprint density at radius 2 is 1.59 bits per heavy atom. The van der Waals surface area contributed by atoms with Gasteiger partial charge in [0.15, 0.2) is 0 Å². The Hall–Kier alpha value is -3.21. The summed E-state index contributed by atoms with van der Waals surface area (Å²) in [7, 11) is 0. The Morgan fingerprint density at radius 3 is 2.32 bits per heavy atom. The van der Waals surface area contributed by atoms with E-state index in [4.69, 9.17) is 5.21 Å². The van der Waals surface area contributed by atoms with Gasteiger partial charge in [-0.3, -0.25) is 14.9 Å². The van der Waals surface area contributed by atoms with E-state index in [0.717, 1.165) is 24.8 Å². The van der Waals surface area contributed by atoms with Gasteiger partial charge in [-0.05, 0) is 109 Å². The standard InChI is InChI=1S/C33H36N2O2/c1-22-29(19-23-11-13-26(14-12-23)33(36)34-37)27-9-5-6-10-28(27)32-30(31(22)32)20-24-15-17-35(18-16-24)21-25-7-3-2-4-8-25/h2-14,24,30-32,37H,15-21H2,1H3,(H,34,36). The van der Waals surface area contributed by atoms with Gasteiger partial charge in [0, 0.05) is 12.1 Å². The normalized spacial score (nSPS) is 23.4. The van der Waals surface area contributed by atoms with E-state index in [9.17, 15) is 4.79 Å². The largest absolute Gasteiger partial charge is 0.299 e. The summed E-state index contributed by atoms with van der Waals surface area (Å²) in [6, 6.07) is 27.5. The van der Waals surface area contributed by atoms with Crippen LogP contribution >= 0.6 is 0 Å². The average molecular weight is 493 g/mol. The molecular formula is C33H36N2O2. The number of fused-ring (bicyclic) bond motifs is 3. The van der Waals surface area contributed by atoms with E-state index in [0.29, 0.717) is 17.4 Å². The van der Waals surface area contributed by atoms with Crippen LogP contribution in [0.25, 0.3) is 5.57 Å². The van der Waals surface area contributed by atoms with Gasteiger partial charge in [-0.2, -0.15) is 0 Å². The van der Waals surface area contributed by atoms with Gasteiger partial charge in [0.1, 0.15) is 0 Å². The Labute approximate surface area is 220 Å². The van der Waals surface area contributed by atoms with Crippen molar-refractivity contribution in [2.45, 2.75) is 45.1 Å². The molecule has 2 aliphatic carbocycles. The number of likely N-dealkylation sites (tertiary alicyclic amines) is 1. The Morgan fingerprint density at radius 1 is 0.892 bits per heavy atom. The lowest BCUT2D eigenvalue weighted by atomic mass is 9.83. The summed E-state index contributed by atoms with van der Waals surface area (Å²) in [5, 5.41) is 8.90. The quantitative estimate of drug-likeness (QED) is 0.294. The first-order valence-corrected chi connectivity index (χ1v) is 13.7. The third kappa shape index (κ3) is 4.88. The average Bonchev–Trinajstić information content (AvgIpc) is 3.66. The SMILES string of the molecule is CC1=C(Cc2ccc(C(=O)NO)cc2)c2ccccc2C2C(CC3CCN(Cc4ccccc4)CC3)C12. The van der Waals surface area contributed by atoms with Crippen molar-refractivity contribution in [3.8, 4) is 0 Å². The minimum Gasteiger partial charge on any atom is -0.299 e. The van der Waals surface area contributed by atoms with Gasteiger partial charge in [0.2, 0.25) is 0 Å². The predicted octanol–water partition coefficient (Wildman–Crippen LogP) is 6.47. The zero-order chi connectivity index (χ0) is 25.4. The van der Waals surface area contributed by atoms with Crippen LogP contribution in [0.4, 0.5) is 0 Å². The molecule has 190 valence electrons. The maximum absolute atomic E-state index is 11.7. The van der Waals surface area contributed by atoms with E-state index in [-0.39, 0.29) is 0 Å². The first-order chi connectivity index (χ1) is 18.1. The fourth-order valence-electron chi connectivity index (χ4n) is 7.04. The van der Waals surface area contributed by atoms with Crippen LogP contribution in [0.1, 0.15) is 64.7 Å². The Bertz CT molecular complexity index is 1290. The lowest BCUT2D eigenvalue weighted by molar-refractivity contribution is 0.0706. The van der Waals surface area contributed by atoms with Crippen molar-refractivity contribution in [2.75, 3.05) is 13.1 Å². The number of hydroxylamine groups is 1. The number of hydrogen-bond donors (Lipinski definition) is 2. The molecule has 3 unspecified atom stereocenters. The molecule has 3 aliphatic rings. The number of rotatable bonds is 7. The number of carbonyl (C=O) groups excluding carboxylic acids is 1. The van der Waals surface area contributed by atoms with Crippen LogP contribution in [-0.2, 0) is 13.0 Å².